The first-order valence-electron chi connectivity index (χ1n) is 48.0. The van der Waals surface area contributed by atoms with Gasteiger partial charge in [0.1, 0.15) is 73.5 Å². The summed E-state index contributed by atoms with van der Waals surface area (Å²) in [6, 6.07) is 38.3. The maximum Gasteiger partial charge on any atom is 0.423 e. The number of nitrogens with one attached hydrogen (secondary N) is 9. The summed E-state index contributed by atoms with van der Waals surface area (Å²) in [4.78, 5) is 210. The highest BCUT2D eigenvalue weighted by Crippen LogP contribution is 2.39. The van der Waals surface area contributed by atoms with Crippen molar-refractivity contribution in [2.45, 2.75) is 179 Å². The third-order valence-electron chi connectivity index (χ3n) is 22.7. The molecule has 149 heavy (non-hydrogen) atoms. The average Bonchev–Trinajstić information content (AvgIpc) is 1.64. The van der Waals surface area contributed by atoms with Crippen LogP contribution in [0, 0.1) is 41.5 Å². The molecule has 0 bridgehead atoms. The van der Waals surface area contributed by atoms with Gasteiger partial charge in [0.15, 0.2) is 17.5 Å². The van der Waals surface area contributed by atoms with Crippen LogP contribution in [0.3, 0.4) is 0 Å². The Balaban J connectivity index is 0.000000212. The van der Waals surface area contributed by atoms with Gasteiger partial charge in [-0.25, -0.2) is 86.3 Å². The highest BCUT2D eigenvalue weighted by molar-refractivity contribution is 6.09. The topological polar surface area (TPSA) is 548 Å². The van der Waals surface area contributed by atoms with E-state index in [0.717, 1.165) is 69.9 Å². The molecule has 3 unspecified atom stereocenters. The number of benzene rings is 6. The second-order valence-electron chi connectivity index (χ2n) is 34.0. The van der Waals surface area contributed by atoms with E-state index in [9.17, 15) is 71.9 Å². The molecular weight excluding hydrogens is 1930 g/mol. The summed E-state index contributed by atoms with van der Waals surface area (Å²) in [6.07, 6.45) is 7.47. The van der Waals surface area contributed by atoms with Crippen LogP contribution in [0.25, 0.3) is 16.6 Å². The molecule has 0 spiro atoms. The number of aryl methyl sites for hydroxylation is 6. The normalized spacial score (nSPS) is 11.8. The summed E-state index contributed by atoms with van der Waals surface area (Å²) in [5.74, 6) is -4.48. The van der Waals surface area contributed by atoms with Crippen molar-refractivity contribution >= 4 is 141 Å². The Labute approximate surface area is 856 Å². The number of aromatic nitrogens is 9. The first-order valence-corrected chi connectivity index (χ1v) is 48.0. The van der Waals surface area contributed by atoms with Crippen LogP contribution < -0.4 is 62.6 Å². The van der Waals surface area contributed by atoms with Crippen molar-refractivity contribution < 1.29 is 115 Å². The molecule has 1 fully saturated rings. The van der Waals surface area contributed by atoms with Gasteiger partial charge in [0.05, 0.1) is 33.8 Å². The lowest BCUT2D eigenvalue weighted by Gasteiger charge is -2.24. The van der Waals surface area contributed by atoms with Crippen LogP contribution in [0.2, 0.25) is 0 Å². The molecule has 1 saturated carbocycles. The van der Waals surface area contributed by atoms with Crippen molar-refractivity contribution in [2.24, 2.45) is 0 Å². The smallest absolute Gasteiger partial charge is 0.423 e. The summed E-state index contributed by atoms with van der Waals surface area (Å²) >= 11 is 0. The molecule has 0 saturated heterocycles. The van der Waals surface area contributed by atoms with Crippen molar-refractivity contribution in [1.29, 1.82) is 0 Å². The minimum Gasteiger partial charge on any atom is -0.445 e. The van der Waals surface area contributed by atoms with E-state index in [-0.39, 0.29) is 107 Å². The van der Waals surface area contributed by atoms with E-state index in [0.29, 0.717) is 105 Å². The second-order valence-corrected chi connectivity index (χ2v) is 34.0. The Morgan fingerprint density at radius 2 is 0.617 bits per heavy atom. The molecule has 12 aromatic rings. The Bertz CT molecular complexity index is 6840. The lowest BCUT2D eigenvalue weighted by molar-refractivity contribution is -0.154. The largest absolute Gasteiger partial charge is 0.445 e. The van der Waals surface area contributed by atoms with E-state index in [1.807, 2.05) is 45.9 Å². The molecule has 6 heterocycles. The van der Waals surface area contributed by atoms with Crippen LogP contribution in [-0.2, 0) is 76.8 Å². The van der Waals surface area contributed by atoms with Crippen molar-refractivity contribution in [3.63, 3.8) is 0 Å². The van der Waals surface area contributed by atoms with E-state index >= 15 is 0 Å². The van der Waals surface area contributed by atoms with E-state index in [1.54, 1.807) is 164 Å². The Hall–Kier alpha value is -18.0. The zero-order chi connectivity index (χ0) is 107. The van der Waals surface area contributed by atoms with Crippen molar-refractivity contribution in [1.82, 2.24) is 91.6 Å². The molecule has 784 valence electrons. The standard InChI is InChI=1S/C35H39N7O8.C35H41N7O8.C34H39N7O8/c1-5-15-36-32(44)27-17-41-29(22(27)3)30(37-19-38-41)42(28-16-25(12-11-21(28)2)31(43)40-26-13-14-26)35(47)50-20-49-33(45)23(4)39-34(46)48-18-24-9-7-6-8-10-24;1-6-15-36-31(43)26-14-13-22(3)28(17-26)42(30-29-23(4)27(32(44)37-16-7-2)18-41(29)39-20-38-30)35(47)50-21-49-33(45)24(5)40-34(46)48-19-25-11-9-8-10-12-25;1-6-15-36-31(43)26-17-40-28(22(26)4)29(37-19-38-40)41(27-16-25(14-13-21(27)3)30(42)35-7-2)34(46)49-20-48-32(44)23(5)39-33(45)47-18-24-11-9-8-10-12-24/h6-12,16-17,19,23,26H,5,13-15,18,20H2,1-4H3,(H,36,44)(H,39,46)(H,40,43);8-14,17-18,20,24H,6-7,15-16,19,21H2,1-5H3,(H,36,43)(H,37,44)(H,40,46);8-14,16-17,19,23H,6-7,15,18,20H2,1-5H3,(H,35,42)(H,36,43)(H,39,45). The highest BCUT2D eigenvalue weighted by Gasteiger charge is 2.36. The van der Waals surface area contributed by atoms with Crippen LogP contribution >= 0.6 is 0 Å². The van der Waals surface area contributed by atoms with Crippen LogP contribution in [-0.4, -0.2) is 211 Å². The van der Waals surface area contributed by atoms with Crippen molar-refractivity contribution in [3.05, 3.63) is 267 Å². The average molecular weight is 2050 g/mol. The fourth-order valence-corrected chi connectivity index (χ4v) is 14.6. The van der Waals surface area contributed by atoms with Crippen LogP contribution in [0.15, 0.2) is 183 Å². The molecule has 13 rings (SSSR count). The quantitative estimate of drug-likeness (QED) is 0.00978. The summed E-state index contributed by atoms with van der Waals surface area (Å²) in [5.41, 5.74) is 9.13. The molecule has 0 radical (unpaired) electrons. The number of ether oxygens (including phenoxy) is 9. The monoisotopic (exact) mass is 2050 g/mol. The molecule has 0 aliphatic heterocycles. The fourth-order valence-electron chi connectivity index (χ4n) is 14.6. The third kappa shape index (κ3) is 30.1. The van der Waals surface area contributed by atoms with Gasteiger partial charge < -0.3 is 90.5 Å². The number of alkyl carbamates (subject to hydrolysis) is 3. The lowest BCUT2D eigenvalue weighted by atomic mass is 10.1. The predicted octanol–water partition coefficient (Wildman–Crippen LogP) is 13.5. The number of carbonyl (C=O) groups excluding carboxylic acids is 15. The number of amides is 12. The first-order chi connectivity index (χ1) is 71.7. The molecule has 12 amide bonds. The fraction of sp³-hybridized carbons (Fsp3) is 0.337. The number of nitrogens with zero attached hydrogens (tertiary/aromatic N) is 12. The molecule has 1 aliphatic carbocycles. The van der Waals surface area contributed by atoms with Crippen LogP contribution in [0.4, 0.5) is 63.3 Å². The van der Waals surface area contributed by atoms with Gasteiger partial charge in [-0.05, 0) is 194 Å². The summed E-state index contributed by atoms with van der Waals surface area (Å²) in [6.45, 7) is 23.8. The van der Waals surface area contributed by atoms with Crippen molar-refractivity contribution in [3.8, 4) is 0 Å². The van der Waals surface area contributed by atoms with Gasteiger partial charge in [0.2, 0.25) is 20.4 Å². The highest BCUT2D eigenvalue weighted by atomic mass is 16.7. The van der Waals surface area contributed by atoms with Gasteiger partial charge in [-0.3, -0.25) is 28.8 Å². The molecule has 6 aromatic carbocycles. The Morgan fingerprint density at radius 3 is 0.893 bits per heavy atom. The summed E-state index contributed by atoms with van der Waals surface area (Å²) < 4.78 is 51.4. The molecule has 3 atom stereocenters. The predicted molar refractivity (Wildman–Crippen MR) is 542 cm³/mol. The van der Waals surface area contributed by atoms with E-state index in [2.05, 4.69) is 78.1 Å². The number of anilines is 6. The van der Waals surface area contributed by atoms with Gasteiger partial charge >= 0.3 is 54.5 Å². The second kappa shape index (κ2) is 54.1. The van der Waals surface area contributed by atoms with E-state index < -0.39 is 93.0 Å². The maximum absolute atomic E-state index is 13.9. The number of hydrogen-bond acceptors (Lipinski definition) is 30. The molecule has 45 nitrogen and oxygen atoms in total. The Morgan fingerprint density at radius 1 is 0.342 bits per heavy atom. The number of carbonyl (C=O) groups is 15. The number of rotatable bonds is 40. The minimum atomic E-state index is -1.13. The van der Waals surface area contributed by atoms with Crippen molar-refractivity contribution in [2.75, 3.05) is 67.8 Å². The molecule has 1 aliphatic rings. The van der Waals surface area contributed by atoms with Crippen LogP contribution in [0.1, 0.15) is 206 Å². The molecule has 6 aromatic heterocycles. The molecular formula is C104H119N21O24. The molecule has 9 N–H and O–H groups in total. The summed E-state index contributed by atoms with van der Waals surface area (Å²) in [7, 11) is 0. The zero-order valence-electron chi connectivity index (χ0n) is 84.8. The molecule has 45 heteroatoms. The third-order valence-corrected chi connectivity index (χ3v) is 22.7. The summed E-state index contributed by atoms with van der Waals surface area (Å²) in [5, 5.41) is 36.9. The first kappa shape index (κ1) is 111. The van der Waals surface area contributed by atoms with Gasteiger partial charge in [-0.1, -0.05) is 137 Å². The minimum absolute atomic E-state index is 0.00493. The number of fused-ring (bicyclic) bond motifs is 3. The number of esters is 3. The lowest BCUT2D eigenvalue weighted by Crippen LogP contribution is -2.40. The van der Waals surface area contributed by atoms with Crippen LogP contribution in [0.5, 0.6) is 0 Å². The van der Waals surface area contributed by atoms with E-state index in [4.69, 9.17) is 42.6 Å². The van der Waals surface area contributed by atoms with E-state index in [1.165, 1.54) is 84.0 Å². The number of hydrogen-bond donors (Lipinski definition) is 9. The SMILES string of the molecule is CCCNC(=O)c1ccc(C)c(N(C(=O)OCOC(=O)C(C)NC(=O)OCc2ccccc2)c2ncnn3cc(C(=O)NCCC)c(C)c23)c1.CCCNC(=O)c1cn2ncnc(N(C(=O)OCOC(=O)C(C)NC(=O)OCc3ccccc3)c3cc(C(=O)NC4CC4)ccc3C)c2c1C.CCCNC(=O)c1cn2ncnc(N(C(=O)OCOC(=O)C(C)NC(=O)OCc3ccccc3)c3cc(C(=O)NCC)ccc3C)c2c1C. The maximum atomic E-state index is 13.9. The van der Waals surface area contributed by atoms with Gasteiger partial charge in [-0.15, -0.1) is 0 Å². The van der Waals surface area contributed by atoms with Gasteiger partial charge in [-0.2, -0.15) is 15.3 Å². The van der Waals surface area contributed by atoms with Gasteiger partial charge in [0.25, 0.3) is 35.4 Å². The van der Waals surface area contributed by atoms with Gasteiger partial charge in [0, 0.05) is 74.0 Å². The Kier molecular flexibility index (Phi) is 40.4. The zero-order valence-corrected chi connectivity index (χ0v) is 84.8.